The number of carbonyl (C=O) groups excluding carboxylic acids is 1. The maximum atomic E-state index is 13.3. The Balaban J connectivity index is 1.21. The maximum Gasteiger partial charge on any atom is 0.257 e. The Hall–Kier alpha value is -3.30. The molecule has 4 rings (SSSR count). The molecule has 33 heavy (non-hydrogen) atoms. The standard InChI is InChI=1S/C23H21ClFN5O2S/c24-20-13-17(6-9-21(20)25)22(31)28-23-27-18(15-33-23)14-32-19-7-4-16(5-8-19)3-1-2-11-30-12-10-26-29-30/h4-10,12-13,15H,1-3,11,14H2,(H,27,28,31). The van der Waals surface area contributed by atoms with Crippen LogP contribution in [0.1, 0.15) is 34.5 Å². The van der Waals surface area contributed by atoms with Crippen LogP contribution in [0.15, 0.2) is 60.2 Å². The fourth-order valence-electron chi connectivity index (χ4n) is 3.10. The predicted octanol–water partition coefficient (Wildman–Crippen LogP) is 5.38. The molecule has 0 radical (unpaired) electrons. The number of halogens is 2. The molecule has 0 aliphatic carbocycles. The molecule has 170 valence electrons. The molecule has 0 unspecified atom stereocenters. The Morgan fingerprint density at radius 3 is 2.79 bits per heavy atom. The van der Waals surface area contributed by atoms with Gasteiger partial charge in [0.05, 0.1) is 16.9 Å². The number of aryl methyl sites for hydroxylation is 2. The molecule has 2 heterocycles. The highest BCUT2D eigenvalue weighted by Crippen LogP contribution is 2.21. The normalized spacial score (nSPS) is 10.8. The van der Waals surface area contributed by atoms with Gasteiger partial charge in [-0.3, -0.25) is 14.8 Å². The zero-order valence-electron chi connectivity index (χ0n) is 17.6. The highest BCUT2D eigenvalue weighted by Gasteiger charge is 2.11. The average Bonchev–Trinajstić information content (AvgIpc) is 3.50. The van der Waals surface area contributed by atoms with Crippen molar-refractivity contribution in [3.63, 3.8) is 0 Å². The first-order chi connectivity index (χ1) is 16.1. The first-order valence-electron chi connectivity index (χ1n) is 10.3. The molecule has 0 atom stereocenters. The number of aromatic nitrogens is 4. The summed E-state index contributed by atoms with van der Waals surface area (Å²) in [6, 6.07) is 11.8. The van der Waals surface area contributed by atoms with Gasteiger partial charge in [-0.2, -0.15) is 0 Å². The van der Waals surface area contributed by atoms with Gasteiger partial charge in [-0.1, -0.05) is 28.9 Å². The molecule has 7 nitrogen and oxygen atoms in total. The smallest absolute Gasteiger partial charge is 0.257 e. The molecule has 10 heteroatoms. The summed E-state index contributed by atoms with van der Waals surface area (Å²) in [7, 11) is 0. The van der Waals surface area contributed by atoms with Gasteiger partial charge in [0.15, 0.2) is 5.13 Å². The average molecular weight is 486 g/mol. The minimum Gasteiger partial charge on any atom is -0.487 e. The molecule has 0 fully saturated rings. The van der Waals surface area contributed by atoms with Gasteiger partial charge in [0.2, 0.25) is 0 Å². The number of ether oxygens (including phenoxy) is 1. The van der Waals surface area contributed by atoms with Crippen molar-refractivity contribution in [2.75, 3.05) is 5.32 Å². The van der Waals surface area contributed by atoms with Crippen LogP contribution in [0, 0.1) is 5.82 Å². The van der Waals surface area contributed by atoms with Crippen LogP contribution < -0.4 is 10.1 Å². The largest absolute Gasteiger partial charge is 0.487 e. The lowest BCUT2D eigenvalue weighted by Gasteiger charge is -2.06. The number of anilines is 1. The molecule has 2 aromatic carbocycles. The quantitative estimate of drug-likeness (QED) is 0.305. The van der Waals surface area contributed by atoms with Crippen LogP contribution in [-0.2, 0) is 19.6 Å². The van der Waals surface area contributed by atoms with E-state index in [4.69, 9.17) is 16.3 Å². The molecular formula is C23H21ClFN5O2S. The van der Waals surface area contributed by atoms with E-state index in [1.165, 1.54) is 29.0 Å². The second-order valence-electron chi connectivity index (χ2n) is 7.28. The van der Waals surface area contributed by atoms with Crippen LogP contribution in [0.25, 0.3) is 0 Å². The van der Waals surface area contributed by atoms with E-state index in [9.17, 15) is 9.18 Å². The number of nitrogens with zero attached hydrogens (tertiary/aromatic N) is 4. The van der Waals surface area contributed by atoms with E-state index in [2.05, 4.69) is 32.7 Å². The van der Waals surface area contributed by atoms with Crippen LogP contribution in [0.5, 0.6) is 5.75 Å². The topological polar surface area (TPSA) is 81.9 Å². The van der Waals surface area contributed by atoms with Crippen LogP contribution in [-0.4, -0.2) is 25.9 Å². The summed E-state index contributed by atoms with van der Waals surface area (Å²) in [5, 5.41) is 12.6. The number of rotatable bonds is 10. The Labute approximate surface area is 199 Å². The summed E-state index contributed by atoms with van der Waals surface area (Å²) >= 11 is 7.02. The SMILES string of the molecule is O=C(Nc1nc(COc2ccc(CCCCn3ccnn3)cc2)cs1)c1ccc(F)c(Cl)c1. The highest BCUT2D eigenvalue weighted by molar-refractivity contribution is 7.14. The molecule has 4 aromatic rings. The van der Waals surface area contributed by atoms with Crippen LogP contribution in [0.4, 0.5) is 9.52 Å². The summed E-state index contributed by atoms with van der Waals surface area (Å²) < 4.78 is 20.9. The lowest BCUT2D eigenvalue weighted by molar-refractivity contribution is 0.102. The van der Waals surface area contributed by atoms with E-state index in [0.29, 0.717) is 10.8 Å². The first kappa shape index (κ1) is 22.9. The van der Waals surface area contributed by atoms with E-state index in [1.54, 1.807) is 6.20 Å². The molecule has 0 saturated heterocycles. The van der Waals surface area contributed by atoms with Crippen molar-refractivity contribution in [2.24, 2.45) is 0 Å². The van der Waals surface area contributed by atoms with Crippen molar-refractivity contribution in [1.82, 2.24) is 20.0 Å². The molecule has 0 aliphatic rings. The van der Waals surface area contributed by atoms with Crippen molar-refractivity contribution in [2.45, 2.75) is 32.4 Å². The van der Waals surface area contributed by atoms with Gasteiger partial charge in [-0.15, -0.1) is 16.4 Å². The van der Waals surface area contributed by atoms with Gasteiger partial charge in [-0.25, -0.2) is 9.37 Å². The molecule has 0 aliphatic heterocycles. The number of hydrogen-bond donors (Lipinski definition) is 1. The number of amides is 1. The fraction of sp³-hybridized carbons (Fsp3) is 0.217. The second kappa shape index (κ2) is 11.0. The first-order valence-corrected chi connectivity index (χ1v) is 11.6. The predicted molar refractivity (Wildman–Crippen MR) is 125 cm³/mol. The lowest BCUT2D eigenvalue weighted by atomic mass is 10.1. The number of benzene rings is 2. The molecule has 0 spiro atoms. The van der Waals surface area contributed by atoms with E-state index >= 15 is 0 Å². The number of unbranched alkanes of at least 4 members (excludes halogenated alkanes) is 1. The fourth-order valence-corrected chi connectivity index (χ4v) is 3.97. The molecule has 0 saturated carbocycles. The number of hydrogen-bond acceptors (Lipinski definition) is 6. The van der Waals surface area contributed by atoms with Crippen LogP contribution in [0.2, 0.25) is 5.02 Å². The molecule has 2 aromatic heterocycles. The summed E-state index contributed by atoms with van der Waals surface area (Å²) in [5.41, 5.74) is 2.21. The Bertz CT molecular complexity index is 1200. The van der Waals surface area contributed by atoms with Crippen molar-refractivity contribution in [3.8, 4) is 5.75 Å². The third kappa shape index (κ3) is 6.59. The van der Waals surface area contributed by atoms with Crippen LogP contribution >= 0.6 is 22.9 Å². The third-order valence-electron chi connectivity index (χ3n) is 4.84. The minimum absolute atomic E-state index is 0.103. The zero-order chi connectivity index (χ0) is 23.0. The molecule has 1 amide bonds. The molecule has 0 bridgehead atoms. The van der Waals surface area contributed by atoms with Gasteiger partial charge in [0.25, 0.3) is 5.91 Å². The van der Waals surface area contributed by atoms with Gasteiger partial charge in [0, 0.05) is 23.7 Å². The van der Waals surface area contributed by atoms with Gasteiger partial charge in [0.1, 0.15) is 18.2 Å². The Kier molecular flexibility index (Phi) is 7.64. The zero-order valence-corrected chi connectivity index (χ0v) is 19.2. The van der Waals surface area contributed by atoms with Crippen molar-refractivity contribution in [3.05, 3.63) is 87.9 Å². The van der Waals surface area contributed by atoms with E-state index in [1.807, 2.05) is 28.4 Å². The van der Waals surface area contributed by atoms with E-state index < -0.39 is 11.7 Å². The van der Waals surface area contributed by atoms with Crippen LogP contribution in [0.3, 0.4) is 0 Å². The van der Waals surface area contributed by atoms with E-state index in [-0.39, 0.29) is 17.2 Å². The van der Waals surface area contributed by atoms with Crippen molar-refractivity contribution >= 4 is 34.0 Å². The minimum atomic E-state index is -0.571. The number of nitrogens with one attached hydrogen (secondary N) is 1. The summed E-state index contributed by atoms with van der Waals surface area (Å²) in [6.07, 6.45) is 6.65. The molecular weight excluding hydrogens is 465 g/mol. The van der Waals surface area contributed by atoms with Crippen molar-refractivity contribution < 1.29 is 13.9 Å². The van der Waals surface area contributed by atoms with Gasteiger partial charge < -0.3 is 4.74 Å². The number of thiazole rings is 1. The van der Waals surface area contributed by atoms with E-state index in [0.717, 1.165) is 37.6 Å². The van der Waals surface area contributed by atoms with Crippen molar-refractivity contribution in [1.29, 1.82) is 0 Å². The Morgan fingerprint density at radius 2 is 2.03 bits per heavy atom. The second-order valence-corrected chi connectivity index (χ2v) is 8.55. The molecule has 1 N–H and O–H groups in total. The third-order valence-corrected chi connectivity index (χ3v) is 5.93. The summed E-state index contributed by atoms with van der Waals surface area (Å²) in [6.45, 7) is 1.15. The lowest BCUT2D eigenvalue weighted by Crippen LogP contribution is -2.12. The Morgan fingerprint density at radius 1 is 1.18 bits per heavy atom. The summed E-state index contributed by atoms with van der Waals surface area (Å²) in [5.74, 6) is -0.227. The van der Waals surface area contributed by atoms with Gasteiger partial charge in [-0.05, 0) is 55.2 Å². The van der Waals surface area contributed by atoms with Gasteiger partial charge >= 0.3 is 0 Å². The monoisotopic (exact) mass is 485 g/mol. The maximum absolute atomic E-state index is 13.3. The highest BCUT2D eigenvalue weighted by atomic mass is 35.5. The number of carbonyl (C=O) groups is 1. The summed E-state index contributed by atoms with van der Waals surface area (Å²) in [4.78, 5) is 16.7.